The van der Waals surface area contributed by atoms with E-state index in [1.54, 1.807) is 14.2 Å². The summed E-state index contributed by atoms with van der Waals surface area (Å²) in [7, 11) is 7.40. The largest absolute Gasteiger partial charge is 0.497 e. The van der Waals surface area contributed by atoms with E-state index in [9.17, 15) is 4.39 Å². The van der Waals surface area contributed by atoms with Crippen molar-refractivity contribution in [3.63, 3.8) is 0 Å². The zero-order valence-corrected chi connectivity index (χ0v) is 18.5. The minimum absolute atomic E-state index is 0. The number of ether oxygens (including phenoxy) is 1. The fourth-order valence-corrected chi connectivity index (χ4v) is 2.67. The van der Waals surface area contributed by atoms with Crippen LogP contribution in [0.5, 0.6) is 5.75 Å². The van der Waals surface area contributed by atoms with E-state index in [1.165, 1.54) is 12.1 Å². The highest BCUT2D eigenvalue weighted by Gasteiger charge is 2.14. The number of nitrogens with one attached hydrogen (secondary N) is 2. The van der Waals surface area contributed by atoms with E-state index >= 15 is 0 Å². The maximum absolute atomic E-state index is 13.2. The number of likely N-dealkylation sites (N-methyl/N-ethyl adjacent to an activating group) is 1. The summed E-state index contributed by atoms with van der Waals surface area (Å²) in [5, 5.41) is 6.63. The summed E-state index contributed by atoms with van der Waals surface area (Å²) in [5.41, 5.74) is 2.15. The van der Waals surface area contributed by atoms with Crippen LogP contribution in [0.4, 0.5) is 4.39 Å². The van der Waals surface area contributed by atoms with Gasteiger partial charge in [-0.2, -0.15) is 0 Å². The molecule has 5 nitrogen and oxygen atoms in total. The number of benzene rings is 2. The summed E-state index contributed by atoms with van der Waals surface area (Å²) >= 11 is 0. The minimum Gasteiger partial charge on any atom is -0.497 e. The molecule has 0 fully saturated rings. The van der Waals surface area contributed by atoms with Gasteiger partial charge in [-0.3, -0.25) is 4.99 Å². The van der Waals surface area contributed by atoms with Crippen LogP contribution in [-0.2, 0) is 6.54 Å². The highest BCUT2D eigenvalue weighted by Crippen LogP contribution is 2.17. The molecule has 2 N–H and O–H groups in total. The highest BCUT2D eigenvalue weighted by atomic mass is 127. The van der Waals surface area contributed by atoms with Gasteiger partial charge in [-0.15, -0.1) is 24.0 Å². The monoisotopic (exact) mass is 486 g/mol. The number of aliphatic imine (C=N–C) groups is 1. The molecule has 0 radical (unpaired) electrons. The van der Waals surface area contributed by atoms with Crippen molar-refractivity contribution in [2.24, 2.45) is 4.99 Å². The lowest BCUT2D eigenvalue weighted by Crippen LogP contribution is -2.41. The Hall–Kier alpha value is -1.87. The summed E-state index contributed by atoms with van der Waals surface area (Å²) < 4.78 is 18.4. The Morgan fingerprint density at radius 1 is 1.15 bits per heavy atom. The summed E-state index contributed by atoms with van der Waals surface area (Å²) in [6.45, 7) is 1.29. The average molecular weight is 486 g/mol. The number of halogens is 2. The van der Waals surface area contributed by atoms with E-state index < -0.39 is 0 Å². The third-order valence-electron chi connectivity index (χ3n) is 4.16. The second-order valence-electron chi connectivity index (χ2n) is 6.19. The highest BCUT2D eigenvalue weighted by molar-refractivity contribution is 14.0. The standard InChI is InChI=1S/C20H27FN4O.HI/c1-22-20(23-13-15-6-5-7-18(12-15)26-4)24-14-19(25(2)3)16-8-10-17(21)11-9-16;/h5-12,19H,13-14H2,1-4H3,(H2,22,23,24);1H. The average Bonchev–Trinajstić information content (AvgIpc) is 2.65. The van der Waals surface area contributed by atoms with Crippen LogP contribution in [0.3, 0.4) is 0 Å². The number of methoxy groups -OCH3 is 1. The van der Waals surface area contributed by atoms with Crippen molar-refractivity contribution in [3.8, 4) is 5.75 Å². The van der Waals surface area contributed by atoms with Crippen molar-refractivity contribution < 1.29 is 9.13 Å². The van der Waals surface area contributed by atoms with E-state index in [0.29, 0.717) is 19.0 Å². The minimum atomic E-state index is -0.227. The molecule has 0 spiro atoms. The van der Waals surface area contributed by atoms with Crippen LogP contribution in [-0.4, -0.2) is 45.7 Å². The third kappa shape index (κ3) is 7.34. The molecule has 0 amide bonds. The van der Waals surface area contributed by atoms with Crippen molar-refractivity contribution in [1.29, 1.82) is 0 Å². The van der Waals surface area contributed by atoms with Gasteiger partial charge in [-0.1, -0.05) is 24.3 Å². The molecule has 0 saturated carbocycles. The fourth-order valence-electron chi connectivity index (χ4n) is 2.67. The second-order valence-corrected chi connectivity index (χ2v) is 6.19. The fraction of sp³-hybridized carbons (Fsp3) is 0.350. The lowest BCUT2D eigenvalue weighted by atomic mass is 10.1. The molecule has 2 aromatic carbocycles. The van der Waals surface area contributed by atoms with Crippen molar-refractivity contribution in [1.82, 2.24) is 15.5 Å². The van der Waals surface area contributed by atoms with Crippen molar-refractivity contribution >= 4 is 29.9 Å². The number of rotatable bonds is 7. The molecule has 0 aliphatic carbocycles. The van der Waals surface area contributed by atoms with Crippen LogP contribution in [0.15, 0.2) is 53.5 Å². The van der Waals surface area contributed by atoms with Gasteiger partial charge < -0.3 is 20.3 Å². The van der Waals surface area contributed by atoms with Gasteiger partial charge in [0, 0.05) is 20.1 Å². The van der Waals surface area contributed by atoms with Crippen molar-refractivity contribution in [3.05, 3.63) is 65.5 Å². The van der Waals surface area contributed by atoms with Gasteiger partial charge >= 0.3 is 0 Å². The van der Waals surface area contributed by atoms with Crippen LogP contribution in [0, 0.1) is 5.82 Å². The molecule has 1 atom stereocenters. The molecule has 0 heterocycles. The topological polar surface area (TPSA) is 48.9 Å². The summed E-state index contributed by atoms with van der Waals surface area (Å²) in [6, 6.07) is 14.6. The Morgan fingerprint density at radius 3 is 2.44 bits per heavy atom. The molecule has 7 heteroatoms. The first kappa shape index (κ1) is 23.2. The van der Waals surface area contributed by atoms with Gasteiger partial charge in [0.05, 0.1) is 13.2 Å². The first-order chi connectivity index (χ1) is 12.5. The van der Waals surface area contributed by atoms with Gasteiger partial charge in [-0.05, 0) is 49.5 Å². The molecule has 0 aliphatic rings. The molecule has 148 valence electrons. The Bertz CT molecular complexity index is 722. The van der Waals surface area contributed by atoms with E-state index in [1.807, 2.05) is 50.5 Å². The van der Waals surface area contributed by atoms with E-state index in [0.717, 1.165) is 16.9 Å². The van der Waals surface area contributed by atoms with Crippen LogP contribution in [0.2, 0.25) is 0 Å². The van der Waals surface area contributed by atoms with Gasteiger partial charge in [0.15, 0.2) is 5.96 Å². The molecule has 2 aromatic rings. The van der Waals surface area contributed by atoms with E-state index in [4.69, 9.17) is 4.74 Å². The van der Waals surface area contributed by atoms with Crippen LogP contribution in [0.1, 0.15) is 17.2 Å². The SMILES string of the molecule is CN=C(NCc1cccc(OC)c1)NCC(c1ccc(F)cc1)N(C)C.I. The molecule has 1 unspecified atom stereocenters. The van der Waals surface area contributed by atoms with E-state index in [2.05, 4.69) is 20.5 Å². The molecule has 2 rings (SSSR count). The summed E-state index contributed by atoms with van der Waals surface area (Å²) in [4.78, 5) is 6.36. The molecule has 0 aliphatic heterocycles. The second kappa shape index (κ2) is 11.8. The summed E-state index contributed by atoms with van der Waals surface area (Å²) in [5.74, 6) is 1.31. The molecular weight excluding hydrogens is 458 g/mol. The predicted octanol–water partition coefficient (Wildman–Crippen LogP) is 3.42. The normalized spacial score (nSPS) is 12.3. The van der Waals surface area contributed by atoms with Gasteiger partial charge in [0.2, 0.25) is 0 Å². The Morgan fingerprint density at radius 2 is 1.85 bits per heavy atom. The maximum atomic E-state index is 13.2. The Kier molecular flexibility index (Phi) is 10.1. The molecular formula is C20H28FIN4O. The third-order valence-corrected chi connectivity index (χ3v) is 4.16. The lowest BCUT2D eigenvalue weighted by Gasteiger charge is -2.26. The first-order valence-corrected chi connectivity index (χ1v) is 8.53. The quantitative estimate of drug-likeness (QED) is 0.358. The molecule has 0 saturated heterocycles. The van der Waals surface area contributed by atoms with Crippen LogP contribution < -0.4 is 15.4 Å². The zero-order chi connectivity index (χ0) is 18.9. The van der Waals surface area contributed by atoms with Gasteiger partial charge in [-0.25, -0.2) is 4.39 Å². The number of hydrogen-bond donors (Lipinski definition) is 2. The van der Waals surface area contributed by atoms with E-state index in [-0.39, 0.29) is 35.8 Å². The predicted molar refractivity (Wildman–Crippen MR) is 119 cm³/mol. The lowest BCUT2D eigenvalue weighted by molar-refractivity contribution is 0.298. The molecule has 0 bridgehead atoms. The number of nitrogens with zero attached hydrogens (tertiary/aromatic N) is 2. The molecule has 0 aromatic heterocycles. The first-order valence-electron chi connectivity index (χ1n) is 8.53. The number of guanidine groups is 1. The van der Waals surface area contributed by atoms with Crippen molar-refractivity contribution in [2.45, 2.75) is 12.6 Å². The maximum Gasteiger partial charge on any atom is 0.191 e. The molecule has 27 heavy (non-hydrogen) atoms. The number of hydrogen-bond acceptors (Lipinski definition) is 3. The Balaban J connectivity index is 0.00000364. The summed E-state index contributed by atoms with van der Waals surface area (Å²) in [6.07, 6.45) is 0. The smallest absolute Gasteiger partial charge is 0.191 e. The van der Waals surface area contributed by atoms with Crippen LogP contribution in [0.25, 0.3) is 0 Å². The van der Waals surface area contributed by atoms with Gasteiger partial charge in [0.1, 0.15) is 11.6 Å². The van der Waals surface area contributed by atoms with Gasteiger partial charge in [0.25, 0.3) is 0 Å². The van der Waals surface area contributed by atoms with Crippen molar-refractivity contribution in [2.75, 3.05) is 34.8 Å². The van der Waals surface area contributed by atoms with Crippen LogP contribution >= 0.6 is 24.0 Å². The Labute approximate surface area is 178 Å². The zero-order valence-electron chi connectivity index (χ0n) is 16.2.